The number of pyridine rings is 1. The molecular formula is C18H15F3N4O2. The van der Waals surface area contributed by atoms with Gasteiger partial charge in [0.25, 0.3) is 0 Å². The van der Waals surface area contributed by atoms with Gasteiger partial charge >= 0.3 is 11.9 Å². The minimum absolute atomic E-state index is 0.0898. The molecular weight excluding hydrogens is 361 g/mol. The Morgan fingerprint density at radius 3 is 2.48 bits per heavy atom. The summed E-state index contributed by atoms with van der Waals surface area (Å²) in [7, 11) is 0. The van der Waals surface area contributed by atoms with Crippen LogP contribution in [0.5, 0.6) is 0 Å². The molecule has 0 aliphatic rings. The Morgan fingerprint density at radius 2 is 1.81 bits per heavy atom. The lowest BCUT2D eigenvalue weighted by Gasteiger charge is -2.20. The number of benzene rings is 1. The standard InChI is InChI=1S/C18H15F3N4O2/c1-17(2,3)15-22-11-6-7-13(18(19,20)21)24-14(11)25(15)9-4-5-10-12(8-9)27-16(26)23-10/h4-8H,1-3H3,(H,23,26). The number of aromatic amines is 1. The normalized spacial score (nSPS) is 13.0. The molecule has 0 bridgehead atoms. The monoisotopic (exact) mass is 376 g/mol. The van der Waals surface area contributed by atoms with E-state index in [2.05, 4.69) is 15.0 Å². The van der Waals surface area contributed by atoms with E-state index in [1.54, 1.807) is 22.8 Å². The van der Waals surface area contributed by atoms with Crippen molar-refractivity contribution in [3.8, 4) is 5.69 Å². The van der Waals surface area contributed by atoms with Crippen molar-refractivity contribution in [2.45, 2.75) is 32.4 Å². The van der Waals surface area contributed by atoms with E-state index in [9.17, 15) is 18.0 Å². The Bertz CT molecular complexity index is 1230. The zero-order chi connectivity index (χ0) is 19.6. The molecule has 4 rings (SSSR count). The topological polar surface area (TPSA) is 76.7 Å². The van der Waals surface area contributed by atoms with Crippen molar-refractivity contribution in [2.75, 3.05) is 0 Å². The van der Waals surface area contributed by atoms with Gasteiger partial charge in [0, 0.05) is 11.5 Å². The maximum atomic E-state index is 13.2. The van der Waals surface area contributed by atoms with Crippen molar-refractivity contribution in [1.82, 2.24) is 19.5 Å². The molecule has 27 heavy (non-hydrogen) atoms. The molecule has 0 aliphatic carbocycles. The Morgan fingerprint density at radius 1 is 1.07 bits per heavy atom. The van der Waals surface area contributed by atoms with E-state index in [-0.39, 0.29) is 5.65 Å². The predicted octanol–water partition coefficient (Wildman–Crippen LogP) is 4.17. The lowest BCUT2D eigenvalue weighted by atomic mass is 9.95. The van der Waals surface area contributed by atoms with Crippen molar-refractivity contribution >= 4 is 22.3 Å². The third-order valence-corrected chi connectivity index (χ3v) is 4.13. The highest BCUT2D eigenvalue weighted by Crippen LogP contribution is 2.33. The zero-order valence-electron chi connectivity index (χ0n) is 14.7. The van der Waals surface area contributed by atoms with Crippen molar-refractivity contribution in [3.63, 3.8) is 0 Å². The molecule has 0 saturated carbocycles. The second kappa shape index (κ2) is 5.45. The molecule has 1 aromatic carbocycles. The summed E-state index contributed by atoms with van der Waals surface area (Å²) in [6.07, 6.45) is -4.57. The van der Waals surface area contributed by atoms with Gasteiger partial charge in [-0.1, -0.05) is 20.8 Å². The molecule has 1 N–H and O–H groups in total. The molecule has 3 aromatic heterocycles. The first-order valence-corrected chi connectivity index (χ1v) is 8.14. The molecule has 0 atom stereocenters. The molecule has 3 heterocycles. The fourth-order valence-electron chi connectivity index (χ4n) is 2.94. The van der Waals surface area contributed by atoms with Gasteiger partial charge in [0.15, 0.2) is 11.2 Å². The summed E-state index contributed by atoms with van der Waals surface area (Å²) >= 11 is 0. The van der Waals surface area contributed by atoms with Crippen molar-refractivity contribution in [3.05, 3.63) is 52.4 Å². The van der Waals surface area contributed by atoms with Crippen molar-refractivity contribution in [2.24, 2.45) is 0 Å². The van der Waals surface area contributed by atoms with Crippen LogP contribution in [0.1, 0.15) is 32.3 Å². The first-order chi connectivity index (χ1) is 12.5. The second-order valence-corrected chi connectivity index (χ2v) is 7.25. The van der Waals surface area contributed by atoms with E-state index in [1.807, 2.05) is 20.8 Å². The van der Waals surface area contributed by atoms with Gasteiger partial charge in [0.2, 0.25) is 0 Å². The first kappa shape index (κ1) is 17.3. The van der Waals surface area contributed by atoms with Crippen LogP contribution in [0.2, 0.25) is 0 Å². The largest absolute Gasteiger partial charge is 0.433 e. The number of hydrogen-bond acceptors (Lipinski definition) is 4. The summed E-state index contributed by atoms with van der Waals surface area (Å²) in [5.74, 6) is -0.0623. The number of aromatic nitrogens is 4. The van der Waals surface area contributed by atoms with Crippen molar-refractivity contribution in [1.29, 1.82) is 0 Å². The minimum Gasteiger partial charge on any atom is -0.408 e. The molecule has 0 amide bonds. The van der Waals surface area contributed by atoms with Crippen LogP contribution in [0.4, 0.5) is 13.2 Å². The lowest BCUT2D eigenvalue weighted by Crippen LogP contribution is -2.18. The number of fused-ring (bicyclic) bond motifs is 2. The van der Waals surface area contributed by atoms with Gasteiger partial charge in [-0.15, -0.1) is 0 Å². The van der Waals surface area contributed by atoms with Crippen LogP contribution in [0.15, 0.2) is 39.5 Å². The molecule has 0 unspecified atom stereocenters. The number of alkyl halides is 3. The highest BCUT2D eigenvalue weighted by Gasteiger charge is 2.34. The summed E-state index contributed by atoms with van der Waals surface area (Å²) in [5.41, 5.74) is 0.277. The van der Waals surface area contributed by atoms with Crippen LogP contribution in [0, 0.1) is 0 Å². The molecule has 4 aromatic rings. The number of H-pyrrole nitrogens is 1. The number of nitrogens with one attached hydrogen (secondary N) is 1. The molecule has 0 aliphatic heterocycles. The van der Waals surface area contributed by atoms with Gasteiger partial charge in [0.05, 0.1) is 11.2 Å². The Kier molecular flexibility index (Phi) is 3.49. The average molecular weight is 376 g/mol. The summed E-state index contributed by atoms with van der Waals surface area (Å²) < 4.78 is 46.1. The summed E-state index contributed by atoms with van der Waals surface area (Å²) in [4.78, 5) is 22.3. The Labute approximate surface area is 150 Å². The Hall–Kier alpha value is -3.10. The maximum absolute atomic E-state index is 13.2. The average Bonchev–Trinajstić information content (AvgIpc) is 3.11. The Balaban J connectivity index is 2.06. The van der Waals surface area contributed by atoms with E-state index in [0.717, 1.165) is 6.07 Å². The second-order valence-electron chi connectivity index (χ2n) is 7.25. The first-order valence-electron chi connectivity index (χ1n) is 8.14. The van der Waals surface area contributed by atoms with Crippen LogP contribution < -0.4 is 5.76 Å². The van der Waals surface area contributed by atoms with Crippen LogP contribution in [0.3, 0.4) is 0 Å². The number of oxazole rings is 1. The summed E-state index contributed by atoms with van der Waals surface area (Å²) in [6, 6.07) is 7.10. The fourth-order valence-corrected chi connectivity index (χ4v) is 2.94. The number of rotatable bonds is 1. The predicted molar refractivity (Wildman–Crippen MR) is 93.0 cm³/mol. The quantitative estimate of drug-likeness (QED) is 0.541. The van der Waals surface area contributed by atoms with E-state index in [4.69, 9.17) is 4.42 Å². The molecule has 0 radical (unpaired) electrons. The lowest BCUT2D eigenvalue weighted by molar-refractivity contribution is -0.141. The third-order valence-electron chi connectivity index (χ3n) is 4.13. The van der Waals surface area contributed by atoms with Crippen LogP contribution >= 0.6 is 0 Å². The maximum Gasteiger partial charge on any atom is 0.433 e. The number of imidazole rings is 1. The number of hydrogen-bond donors (Lipinski definition) is 1. The molecule has 6 nitrogen and oxygen atoms in total. The number of halogens is 3. The smallest absolute Gasteiger partial charge is 0.408 e. The molecule has 0 fully saturated rings. The highest BCUT2D eigenvalue weighted by atomic mass is 19.4. The summed E-state index contributed by atoms with van der Waals surface area (Å²) in [6.45, 7) is 5.72. The van der Waals surface area contributed by atoms with Gasteiger partial charge in [-0.3, -0.25) is 9.55 Å². The summed E-state index contributed by atoms with van der Waals surface area (Å²) in [5, 5.41) is 0. The third kappa shape index (κ3) is 2.88. The van der Waals surface area contributed by atoms with E-state index < -0.39 is 23.0 Å². The molecule has 0 spiro atoms. The molecule has 0 saturated heterocycles. The minimum atomic E-state index is -4.57. The van der Waals surface area contributed by atoms with Crippen LogP contribution in [-0.2, 0) is 11.6 Å². The highest BCUT2D eigenvalue weighted by molar-refractivity contribution is 5.79. The SMILES string of the molecule is CC(C)(C)c1nc2ccc(C(F)(F)F)nc2n1-c1ccc2[nH]c(=O)oc2c1. The molecule has 9 heteroatoms. The van der Waals surface area contributed by atoms with E-state index in [0.29, 0.717) is 28.1 Å². The van der Waals surface area contributed by atoms with Gasteiger partial charge in [0.1, 0.15) is 17.0 Å². The molecule has 140 valence electrons. The van der Waals surface area contributed by atoms with Crippen LogP contribution in [-0.4, -0.2) is 19.5 Å². The van der Waals surface area contributed by atoms with Gasteiger partial charge < -0.3 is 4.42 Å². The van der Waals surface area contributed by atoms with E-state index in [1.165, 1.54) is 6.07 Å². The zero-order valence-corrected chi connectivity index (χ0v) is 14.7. The number of nitrogens with zero attached hydrogens (tertiary/aromatic N) is 3. The van der Waals surface area contributed by atoms with Gasteiger partial charge in [-0.05, 0) is 24.3 Å². The van der Waals surface area contributed by atoms with Gasteiger partial charge in [-0.25, -0.2) is 14.8 Å². The fraction of sp³-hybridized carbons (Fsp3) is 0.278. The van der Waals surface area contributed by atoms with Crippen LogP contribution in [0.25, 0.3) is 28.0 Å². The van der Waals surface area contributed by atoms with E-state index >= 15 is 0 Å². The van der Waals surface area contributed by atoms with Crippen molar-refractivity contribution < 1.29 is 17.6 Å². The van der Waals surface area contributed by atoms with Gasteiger partial charge in [-0.2, -0.15) is 13.2 Å².